The Hall–Kier alpha value is -1.54. The van der Waals surface area contributed by atoms with Gasteiger partial charge in [-0.15, -0.1) is 0 Å². The van der Waals surface area contributed by atoms with E-state index in [0.29, 0.717) is 17.4 Å². The normalized spacial score (nSPS) is 15.0. The summed E-state index contributed by atoms with van der Waals surface area (Å²) in [4.78, 5) is 23.0. The van der Waals surface area contributed by atoms with Crippen molar-refractivity contribution in [2.24, 2.45) is 0 Å². The lowest BCUT2D eigenvalue weighted by molar-refractivity contribution is -0.870. The van der Waals surface area contributed by atoms with Crippen LogP contribution in [0, 0.1) is 0 Å². The maximum atomic E-state index is 12.8. The first-order valence-corrected chi connectivity index (χ1v) is 22.0. The molecule has 0 aliphatic heterocycles. The number of aliphatic hydroxyl groups is 1. The van der Waals surface area contributed by atoms with E-state index in [1.165, 1.54) is 77.0 Å². The number of nitrogens with zero attached hydrogens (tertiary/aromatic N) is 1. The monoisotopic (exact) mass is 740 g/mol. The molecule has 0 aromatic heterocycles. The summed E-state index contributed by atoms with van der Waals surface area (Å²) in [6, 6.07) is -0.851. The Morgan fingerprint density at radius 2 is 1.12 bits per heavy atom. The van der Waals surface area contributed by atoms with Crippen LogP contribution in [0.25, 0.3) is 0 Å². The Morgan fingerprint density at radius 1 is 0.667 bits per heavy atom. The Balaban J connectivity index is 4.35. The molecule has 8 nitrogen and oxygen atoms in total. The molecule has 0 fully saturated rings. The van der Waals surface area contributed by atoms with Gasteiger partial charge in [-0.25, -0.2) is 4.57 Å². The van der Waals surface area contributed by atoms with Gasteiger partial charge in [0.15, 0.2) is 0 Å². The van der Waals surface area contributed by atoms with Gasteiger partial charge in [-0.1, -0.05) is 146 Å². The molecule has 0 aromatic rings. The van der Waals surface area contributed by atoms with Gasteiger partial charge in [0.05, 0.1) is 39.9 Å². The zero-order chi connectivity index (χ0) is 37.9. The minimum atomic E-state index is -4.33. The molecule has 3 unspecified atom stereocenters. The second-order valence-electron chi connectivity index (χ2n) is 15.0. The molecule has 0 aromatic carbocycles. The maximum Gasteiger partial charge on any atom is 0.472 e. The molecular weight excluding hydrogens is 659 g/mol. The van der Waals surface area contributed by atoms with E-state index in [-0.39, 0.29) is 19.1 Å². The van der Waals surface area contributed by atoms with Gasteiger partial charge >= 0.3 is 7.82 Å². The first-order chi connectivity index (χ1) is 24.5. The van der Waals surface area contributed by atoms with Crippen molar-refractivity contribution < 1.29 is 32.9 Å². The average molecular weight is 740 g/mol. The molecule has 1 amide bonds. The van der Waals surface area contributed by atoms with E-state index in [1.54, 1.807) is 6.08 Å². The van der Waals surface area contributed by atoms with Gasteiger partial charge in [0.1, 0.15) is 13.2 Å². The number of allylic oxidation sites excluding steroid dienone is 7. The molecule has 3 N–H and O–H groups in total. The molecule has 0 spiro atoms. The van der Waals surface area contributed by atoms with E-state index >= 15 is 0 Å². The number of aliphatic hydroxyl groups excluding tert-OH is 1. The minimum absolute atomic E-state index is 0.0565. The summed E-state index contributed by atoms with van der Waals surface area (Å²) in [5, 5.41) is 13.7. The lowest BCUT2D eigenvalue weighted by Crippen LogP contribution is -2.45. The van der Waals surface area contributed by atoms with Gasteiger partial charge in [0, 0.05) is 6.42 Å². The molecule has 0 aliphatic rings. The van der Waals surface area contributed by atoms with Crippen molar-refractivity contribution in [3.8, 4) is 0 Å². The van der Waals surface area contributed by atoms with Gasteiger partial charge in [0.2, 0.25) is 5.91 Å². The summed E-state index contributed by atoms with van der Waals surface area (Å²) >= 11 is 0. The molecule has 51 heavy (non-hydrogen) atoms. The highest BCUT2D eigenvalue weighted by atomic mass is 31.2. The third kappa shape index (κ3) is 36.6. The number of hydrogen-bond acceptors (Lipinski definition) is 5. The van der Waals surface area contributed by atoms with Crippen LogP contribution in [0.4, 0.5) is 0 Å². The van der Waals surface area contributed by atoms with Gasteiger partial charge < -0.3 is 19.8 Å². The van der Waals surface area contributed by atoms with Crippen molar-refractivity contribution in [1.82, 2.24) is 5.32 Å². The number of phosphoric ester groups is 1. The van der Waals surface area contributed by atoms with Crippen molar-refractivity contribution in [3.63, 3.8) is 0 Å². The second kappa shape index (κ2) is 34.2. The molecule has 0 saturated carbocycles. The quantitative estimate of drug-likeness (QED) is 0.0256. The van der Waals surface area contributed by atoms with Gasteiger partial charge in [-0.2, -0.15) is 0 Å². The van der Waals surface area contributed by atoms with E-state index in [2.05, 4.69) is 55.6 Å². The number of carbonyl (C=O) groups excluding carboxylic acids is 1. The largest absolute Gasteiger partial charge is 0.472 e. The number of rotatable bonds is 36. The number of phosphoric acid groups is 1. The summed E-state index contributed by atoms with van der Waals surface area (Å²) < 4.78 is 23.4. The molecule has 298 valence electrons. The first-order valence-electron chi connectivity index (χ1n) is 20.5. The fourth-order valence-corrected chi connectivity index (χ4v) is 6.19. The lowest BCUT2D eigenvalue weighted by Gasteiger charge is -2.25. The Morgan fingerprint density at radius 3 is 1.63 bits per heavy atom. The van der Waals surface area contributed by atoms with Crippen molar-refractivity contribution in [1.29, 1.82) is 0 Å². The van der Waals surface area contributed by atoms with Crippen molar-refractivity contribution in [2.75, 3.05) is 40.9 Å². The van der Waals surface area contributed by atoms with Gasteiger partial charge in [-0.3, -0.25) is 13.8 Å². The summed E-state index contributed by atoms with van der Waals surface area (Å²) in [5.41, 5.74) is 0. The number of amides is 1. The molecule has 3 atom stereocenters. The predicted molar refractivity (Wildman–Crippen MR) is 217 cm³/mol. The van der Waals surface area contributed by atoms with Crippen LogP contribution in [-0.2, 0) is 18.4 Å². The van der Waals surface area contributed by atoms with E-state index in [9.17, 15) is 19.4 Å². The fraction of sp³-hybridized carbons (Fsp3) is 0.786. The summed E-state index contributed by atoms with van der Waals surface area (Å²) in [6.07, 6.45) is 41.9. The number of nitrogens with one attached hydrogen (secondary N) is 1. The van der Waals surface area contributed by atoms with Crippen LogP contribution < -0.4 is 5.32 Å². The number of quaternary nitrogens is 1. The molecule has 0 radical (unpaired) electrons. The molecule has 0 saturated heterocycles. The zero-order valence-corrected chi connectivity index (χ0v) is 34.5. The number of carbonyl (C=O) groups is 1. The van der Waals surface area contributed by atoms with Crippen LogP contribution in [0.1, 0.15) is 162 Å². The van der Waals surface area contributed by atoms with Crippen LogP contribution in [0.5, 0.6) is 0 Å². The molecule has 0 heterocycles. The first kappa shape index (κ1) is 49.5. The van der Waals surface area contributed by atoms with Crippen LogP contribution in [0.2, 0.25) is 0 Å². The standard InChI is InChI=1S/C42H79N2O6P/c1-6-8-10-12-14-16-17-18-19-20-21-22-23-24-25-26-27-28-30-32-34-36-42(46)43-40(39-50-51(47,48)49-38-37-44(3,4)5)41(45)35-33-31-29-15-13-11-9-7-2/h17-18,20-21,23-24,33,35,40-41,45H,6-16,19,22,25-32,34,36-39H2,1-5H3,(H-,43,46,47,48)/p+1/b18-17-,21-20-,24-23-,35-33+. The average Bonchev–Trinajstić information content (AvgIpc) is 3.07. The summed E-state index contributed by atoms with van der Waals surface area (Å²) in [7, 11) is 1.55. The van der Waals surface area contributed by atoms with Crippen LogP contribution in [0.15, 0.2) is 48.6 Å². The fourth-order valence-electron chi connectivity index (χ4n) is 5.46. The van der Waals surface area contributed by atoms with Crippen LogP contribution in [-0.4, -0.2) is 73.4 Å². The smallest absolute Gasteiger partial charge is 0.387 e. The topological polar surface area (TPSA) is 105 Å². The number of likely N-dealkylation sites (N-methyl/N-ethyl adjacent to an activating group) is 1. The van der Waals surface area contributed by atoms with E-state index in [4.69, 9.17) is 9.05 Å². The summed E-state index contributed by atoms with van der Waals surface area (Å²) in [5.74, 6) is -0.196. The highest BCUT2D eigenvalue weighted by molar-refractivity contribution is 7.47. The van der Waals surface area contributed by atoms with Crippen LogP contribution >= 0.6 is 7.82 Å². The minimum Gasteiger partial charge on any atom is -0.387 e. The van der Waals surface area contributed by atoms with E-state index in [1.807, 2.05) is 27.2 Å². The SMILES string of the molecule is CCCCCCC/C=C\C/C=C\C/C=C\CCCCCCCCC(=O)NC(COP(=O)(O)OCC[N+](C)(C)C)C(O)/C=C/CCCCCCCC. The molecule has 0 bridgehead atoms. The zero-order valence-electron chi connectivity index (χ0n) is 33.6. The maximum absolute atomic E-state index is 12.8. The Kier molecular flexibility index (Phi) is 33.2. The highest BCUT2D eigenvalue weighted by Gasteiger charge is 2.27. The highest BCUT2D eigenvalue weighted by Crippen LogP contribution is 2.43. The van der Waals surface area contributed by atoms with E-state index < -0.39 is 20.0 Å². The molecular formula is C42H80N2O6P+. The third-order valence-corrected chi connectivity index (χ3v) is 9.78. The van der Waals surface area contributed by atoms with Gasteiger partial charge in [0.25, 0.3) is 0 Å². The Labute approximate surface area is 314 Å². The molecule has 0 rings (SSSR count). The predicted octanol–water partition coefficient (Wildman–Crippen LogP) is 10.9. The van der Waals surface area contributed by atoms with Crippen molar-refractivity contribution in [3.05, 3.63) is 48.6 Å². The van der Waals surface area contributed by atoms with Crippen molar-refractivity contribution in [2.45, 2.75) is 174 Å². The number of unbranched alkanes of at least 4 members (excludes halogenated alkanes) is 17. The molecule has 0 aliphatic carbocycles. The van der Waals surface area contributed by atoms with Gasteiger partial charge in [-0.05, 0) is 57.8 Å². The Bertz CT molecular complexity index is 975. The third-order valence-electron chi connectivity index (χ3n) is 8.79. The lowest BCUT2D eigenvalue weighted by atomic mass is 10.1. The number of hydrogen-bond donors (Lipinski definition) is 3. The summed E-state index contributed by atoms with van der Waals surface area (Å²) in [6.45, 7) is 4.72. The van der Waals surface area contributed by atoms with Crippen molar-refractivity contribution >= 4 is 13.7 Å². The van der Waals surface area contributed by atoms with Crippen LogP contribution in [0.3, 0.4) is 0 Å². The molecule has 9 heteroatoms. The second-order valence-corrected chi connectivity index (χ2v) is 16.5. The van der Waals surface area contributed by atoms with E-state index in [0.717, 1.165) is 64.2 Å².